The summed E-state index contributed by atoms with van der Waals surface area (Å²) < 4.78 is 1.96. The Kier molecular flexibility index (Phi) is 5.85. The molecule has 0 aliphatic carbocycles. The molecule has 0 saturated carbocycles. The molecule has 1 N–H and O–H groups in total. The first-order chi connectivity index (χ1) is 12.3. The van der Waals surface area contributed by atoms with Crippen LogP contribution < -0.4 is 5.32 Å². The first-order valence-corrected chi connectivity index (χ1v) is 9.67. The standard InChI is InChI=1S/C19H26ClN5S/c1-13-5-6-16(11-18(13)20)21-19(26)25-9-7-24(8-10-25)12-17-14(2)22-23(4)15(17)3/h5-6,11H,7-10,12H2,1-4H3,(H,21,26). The maximum atomic E-state index is 6.20. The number of nitrogens with one attached hydrogen (secondary N) is 1. The van der Waals surface area contributed by atoms with E-state index in [1.807, 2.05) is 36.9 Å². The lowest BCUT2D eigenvalue weighted by atomic mass is 10.1. The fourth-order valence-electron chi connectivity index (χ4n) is 3.25. The van der Waals surface area contributed by atoms with Crippen molar-refractivity contribution in [2.45, 2.75) is 27.3 Å². The molecular formula is C19H26ClN5S. The fourth-order valence-corrected chi connectivity index (χ4v) is 3.73. The molecule has 0 unspecified atom stereocenters. The Morgan fingerprint density at radius 2 is 1.88 bits per heavy atom. The molecule has 2 aromatic rings. The predicted molar refractivity (Wildman–Crippen MR) is 112 cm³/mol. The molecule has 140 valence electrons. The molecule has 1 saturated heterocycles. The van der Waals surface area contributed by atoms with Gasteiger partial charge in [0.25, 0.3) is 0 Å². The van der Waals surface area contributed by atoms with Crippen molar-refractivity contribution in [3.05, 3.63) is 45.7 Å². The third-order valence-corrected chi connectivity index (χ3v) is 5.89. The minimum Gasteiger partial charge on any atom is -0.346 e. The Labute approximate surface area is 165 Å². The van der Waals surface area contributed by atoms with Crippen LogP contribution >= 0.6 is 23.8 Å². The van der Waals surface area contributed by atoms with E-state index in [9.17, 15) is 0 Å². The highest BCUT2D eigenvalue weighted by Gasteiger charge is 2.21. The minimum absolute atomic E-state index is 0.754. The lowest BCUT2D eigenvalue weighted by Gasteiger charge is -2.36. The average Bonchev–Trinajstić information content (AvgIpc) is 2.85. The highest BCUT2D eigenvalue weighted by atomic mass is 35.5. The number of thiocarbonyl (C=S) groups is 1. The number of nitrogens with zero attached hydrogens (tertiary/aromatic N) is 4. The largest absolute Gasteiger partial charge is 0.346 e. The van der Waals surface area contributed by atoms with E-state index in [4.69, 9.17) is 23.8 Å². The van der Waals surface area contributed by atoms with Crippen molar-refractivity contribution in [1.82, 2.24) is 19.6 Å². The molecule has 0 amide bonds. The second-order valence-corrected chi connectivity index (χ2v) is 7.72. The summed E-state index contributed by atoms with van der Waals surface area (Å²) in [4.78, 5) is 4.70. The van der Waals surface area contributed by atoms with Crippen molar-refractivity contribution in [2.75, 3.05) is 31.5 Å². The van der Waals surface area contributed by atoms with Gasteiger partial charge in [-0.3, -0.25) is 9.58 Å². The van der Waals surface area contributed by atoms with Crippen molar-refractivity contribution in [1.29, 1.82) is 0 Å². The summed E-state index contributed by atoms with van der Waals surface area (Å²) in [6.45, 7) is 11.0. The molecule has 0 bridgehead atoms. The van der Waals surface area contributed by atoms with E-state index in [0.29, 0.717) is 0 Å². The fraction of sp³-hybridized carbons (Fsp3) is 0.474. The molecule has 7 heteroatoms. The van der Waals surface area contributed by atoms with E-state index in [1.54, 1.807) is 0 Å². The van der Waals surface area contributed by atoms with Crippen LogP contribution in [-0.2, 0) is 13.6 Å². The monoisotopic (exact) mass is 391 g/mol. The predicted octanol–water partition coefficient (Wildman–Crippen LogP) is 3.51. The van der Waals surface area contributed by atoms with Gasteiger partial charge in [0, 0.05) is 61.7 Å². The highest BCUT2D eigenvalue weighted by Crippen LogP contribution is 2.21. The van der Waals surface area contributed by atoms with E-state index >= 15 is 0 Å². The SMILES string of the molecule is Cc1ccc(NC(=S)N2CCN(Cc3c(C)nn(C)c3C)CC2)cc1Cl. The number of anilines is 1. The van der Waals surface area contributed by atoms with Crippen molar-refractivity contribution >= 4 is 34.6 Å². The van der Waals surface area contributed by atoms with Crippen LogP contribution in [0.25, 0.3) is 0 Å². The Balaban J connectivity index is 1.54. The van der Waals surface area contributed by atoms with Gasteiger partial charge < -0.3 is 10.2 Å². The van der Waals surface area contributed by atoms with Crippen LogP contribution in [0.15, 0.2) is 18.2 Å². The molecule has 0 atom stereocenters. The van der Waals surface area contributed by atoms with Crippen LogP contribution in [-0.4, -0.2) is 50.9 Å². The molecule has 2 heterocycles. The third kappa shape index (κ3) is 4.19. The Bertz CT molecular complexity index is 809. The van der Waals surface area contributed by atoms with Crippen molar-refractivity contribution < 1.29 is 0 Å². The van der Waals surface area contributed by atoms with Crippen LogP contribution in [0.5, 0.6) is 0 Å². The summed E-state index contributed by atoms with van der Waals surface area (Å²) in [5.41, 5.74) is 5.72. The van der Waals surface area contributed by atoms with Gasteiger partial charge in [-0.15, -0.1) is 0 Å². The van der Waals surface area contributed by atoms with E-state index in [0.717, 1.165) is 59.8 Å². The number of aromatic nitrogens is 2. The van der Waals surface area contributed by atoms with E-state index < -0.39 is 0 Å². The topological polar surface area (TPSA) is 36.3 Å². The van der Waals surface area contributed by atoms with Crippen LogP contribution in [0.2, 0.25) is 5.02 Å². The molecule has 26 heavy (non-hydrogen) atoms. The minimum atomic E-state index is 0.754. The molecule has 0 radical (unpaired) electrons. The number of halogens is 1. The van der Waals surface area contributed by atoms with Crippen LogP contribution in [0.3, 0.4) is 0 Å². The number of rotatable bonds is 3. The van der Waals surface area contributed by atoms with E-state index in [2.05, 4.69) is 34.1 Å². The Morgan fingerprint density at radius 3 is 2.46 bits per heavy atom. The van der Waals surface area contributed by atoms with Gasteiger partial charge in [-0.1, -0.05) is 17.7 Å². The summed E-state index contributed by atoms with van der Waals surface area (Å²) in [5.74, 6) is 0. The van der Waals surface area contributed by atoms with Gasteiger partial charge in [-0.2, -0.15) is 5.10 Å². The highest BCUT2D eigenvalue weighted by molar-refractivity contribution is 7.80. The van der Waals surface area contributed by atoms with Crippen LogP contribution in [0, 0.1) is 20.8 Å². The van der Waals surface area contributed by atoms with Crippen LogP contribution in [0.1, 0.15) is 22.5 Å². The zero-order valence-corrected chi connectivity index (χ0v) is 17.4. The number of piperazine rings is 1. The number of hydrogen-bond acceptors (Lipinski definition) is 3. The normalized spacial score (nSPS) is 15.3. The molecule has 5 nitrogen and oxygen atoms in total. The molecule has 3 rings (SSSR count). The summed E-state index contributed by atoms with van der Waals surface area (Å²) in [6.07, 6.45) is 0. The Morgan fingerprint density at radius 1 is 1.19 bits per heavy atom. The van der Waals surface area contributed by atoms with Gasteiger partial charge in [0.2, 0.25) is 0 Å². The van der Waals surface area contributed by atoms with E-state index in [1.165, 1.54) is 11.3 Å². The molecule has 0 spiro atoms. The summed E-state index contributed by atoms with van der Waals surface area (Å²) >= 11 is 11.8. The smallest absolute Gasteiger partial charge is 0.173 e. The Hall–Kier alpha value is -1.63. The number of hydrogen-bond donors (Lipinski definition) is 1. The summed E-state index contributed by atoms with van der Waals surface area (Å²) in [7, 11) is 2.01. The van der Waals surface area contributed by atoms with Crippen molar-refractivity contribution in [3.63, 3.8) is 0 Å². The van der Waals surface area contributed by atoms with Crippen molar-refractivity contribution in [2.24, 2.45) is 7.05 Å². The second-order valence-electron chi connectivity index (χ2n) is 6.93. The van der Waals surface area contributed by atoms with Gasteiger partial charge in [-0.25, -0.2) is 0 Å². The number of benzene rings is 1. The van der Waals surface area contributed by atoms with Gasteiger partial charge in [0.05, 0.1) is 5.69 Å². The first kappa shape index (κ1) is 19.1. The summed E-state index contributed by atoms with van der Waals surface area (Å²) in [6, 6.07) is 5.94. The second kappa shape index (κ2) is 7.94. The average molecular weight is 392 g/mol. The maximum absolute atomic E-state index is 6.20. The lowest BCUT2D eigenvalue weighted by Crippen LogP contribution is -2.49. The van der Waals surface area contributed by atoms with E-state index in [-0.39, 0.29) is 0 Å². The van der Waals surface area contributed by atoms with Gasteiger partial charge in [0.1, 0.15) is 0 Å². The third-order valence-electron chi connectivity index (χ3n) is 5.12. The zero-order chi connectivity index (χ0) is 18.8. The summed E-state index contributed by atoms with van der Waals surface area (Å²) in [5, 5.41) is 9.34. The molecule has 1 aliphatic heterocycles. The van der Waals surface area contributed by atoms with Gasteiger partial charge >= 0.3 is 0 Å². The maximum Gasteiger partial charge on any atom is 0.173 e. The lowest BCUT2D eigenvalue weighted by molar-refractivity contribution is 0.176. The first-order valence-electron chi connectivity index (χ1n) is 8.88. The molecular weight excluding hydrogens is 366 g/mol. The molecule has 1 fully saturated rings. The zero-order valence-electron chi connectivity index (χ0n) is 15.8. The quantitative estimate of drug-likeness (QED) is 0.810. The van der Waals surface area contributed by atoms with Gasteiger partial charge in [0.15, 0.2) is 5.11 Å². The van der Waals surface area contributed by atoms with Crippen LogP contribution in [0.4, 0.5) is 5.69 Å². The molecule has 1 aromatic heterocycles. The molecule has 1 aromatic carbocycles. The number of aryl methyl sites for hydroxylation is 3. The van der Waals surface area contributed by atoms with Crippen molar-refractivity contribution in [3.8, 4) is 0 Å². The molecule has 1 aliphatic rings. The van der Waals surface area contributed by atoms with Gasteiger partial charge in [-0.05, 0) is 50.7 Å².